The molecule has 0 bridgehead atoms. The van der Waals surface area contributed by atoms with Crippen LogP contribution in [0.3, 0.4) is 0 Å². The van der Waals surface area contributed by atoms with Gasteiger partial charge < -0.3 is 20.1 Å². The van der Waals surface area contributed by atoms with Crippen LogP contribution < -0.4 is 5.73 Å². The minimum Gasteiger partial charge on any atom is -0.462 e. The van der Waals surface area contributed by atoms with E-state index >= 15 is 0 Å². The van der Waals surface area contributed by atoms with E-state index < -0.39 is 32.5 Å². The number of phosphoric acid groups is 1. The summed E-state index contributed by atoms with van der Waals surface area (Å²) in [5.41, 5.74) is 5.34. The third-order valence-electron chi connectivity index (χ3n) is 8.14. The molecule has 0 rings (SSSR count). The maximum atomic E-state index is 12.6. The highest BCUT2D eigenvalue weighted by Crippen LogP contribution is 2.43. The Balaban J connectivity index is 4.36. The molecule has 0 aromatic carbocycles. The Kier molecular flexibility index (Phi) is 39.8. The number of rotatable bonds is 38. The van der Waals surface area contributed by atoms with Gasteiger partial charge in [0, 0.05) is 19.4 Å². The summed E-state index contributed by atoms with van der Waals surface area (Å²) < 4.78 is 32.7. The summed E-state index contributed by atoms with van der Waals surface area (Å²) in [5, 5.41) is 0. The van der Waals surface area contributed by atoms with E-state index in [4.69, 9.17) is 24.3 Å². The van der Waals surface area contributed by atoms with Gasteiger partial charge in [0.15, 0.2) is 6.10 Å². The van der Waals surface area contributed by atoms with Crippen LogP contribution in [0, 0.1) is 0 Å². The van der Waals surface area contributed by atoms with Gasteiger partial charge in [0.05, 0.1) is 13.2 Å². The van der Waals surface area contributed by atoms with Crippen LogP contribution in [0.25, 0.3) is 0 Å². The summed E-state index contributed by atoms with van der Waals surface area (Å²) in [4.78, 5) is 34.8. The maximum Gasteiger partial charge on any atom is 0.472 e. The molecule has 0 saturated carbocycles. The smallest absolute Gasteiger partial charge is 0.462 e. The zero-order valence-electron chi connectivity index (χ0n) is 35.3. The molecule has 0 saturated heterocycles. The number of carbonyl (C=O) groups excluding carboxylic acids is 2. The molecule has 1 unspecified atom stereocenters. The van der Waals surface area contributed by atoms with Crippen LogP contribution in [0.15, 0.2) is 109 Å². The summed E-state index contributed by atoms with van der Waals surface area (Å²) in [5.74, 6) is -0.946. The maximum absolute atomic E-state index is 12.6. The first kappa shape index (κ1) is 53.7. The van der Waals surface area contributed by atoms with Gasteiger partial charge in [0.1, 0.15) is 6.61 Å². The van der Waals surface area contributed by atoms with Crippen molar-refractivity contribution in [1.29, 1.82) is 0 Å². The Labute approximate surface area is 346 Å². The van der Waals surface area contributed by atoms with Crippen LogP contribution in [0.2, 0.25) is 0 Å². The Hall–Kier alpha value is -3.33. The molecule has 0 aromatic heterocycles. The number of hydrogen-bond donors (Lipinski definition) is 2. The lowest BCUT2D eigenvalue weighted by Gasteiger charge is -2.19. The zero-order chi connectivity index (χ0) is 41.8. The molecule has 0 spiro atoms. The molecule has 0 aromatic rings. The number of hydrogen-bond acceptors (Lipinski definition) is 8. The van der Waals surface area contributed by atoms with Crippen LogP contribution in [0.5, 0.6) is 0 Å². The molecule has 0 radical (unpaired) electrons. The molecule has 2 atom stereocenters. The van der Waals surface area contributed by atoms with Gasteiger partial charge in [0.25, 0.3) is 0 Å². The van der Waals surface area contributed by atoms with Gasteiger partial charge in [-0.05, 0) is 96.3 Å². The molecular weight excluding hydrogens is 737 g/mol. The van der Waals surface area contributed by atoms with Gasteiger partial charge in [-0.25, -0.2) is 4.57 Å². The first-order chi connectivity index (χ1) is 27.8. The lowest BCUT2D eigenvalue weighted by Crippen LogP contribution is -2.29. The summed E-state index contributed by atoms with van der Waals surface area (Å²) >= 11 is 0. The van der Waals surface area contributed by atoms with E-state index in [9.17, 15) is 19.0 Å². The van der Waals surface area contributed by atoms with Crippen molar-refractivity contribution in [3.8, 4) is 0 Å². The monoisotopic (exact) mass is 814 g/mol. The standard InChI is InChI=1S/C47H76NO8P/c1-3-5-7-9-11-13-15-17-19-21-22-24-26-28-30-32-34-36-38-40-47(50)56-45(44-55-57(51,52)54-42-41-48)43-53-46(49)39-37-35-33-31-29-27-25-23-20-18-16-14-12-10-8-6-4-2/h6,8,11-14,17-20,22,24-25,27-28,30-31,33,45H,3-5,7,9-10,15-16,21,23,26,29,32,34-44,48H2,1-2H3,(H,51,52)/b8-6-,13-11-,14-12-,19-17-,20-18-,24-22-,27-25-,30-28-,33-31-/t45-/m1/s1. The minimum absolute atomic E-state index is 0.0337. The summed E-state index contributed by atoms with van der Waals surface area (Å²) in [6, 6.07) is 0. The highest BCUT2D eigenvalue weighted by Gasteiger charge is 2.25. The van der Waals surface area contributed by atoms with Gasteiger partial charge in [-0.1, -0.05) is 142 Å². The van der Waals surface area contributed by atoms with E-state index in [1.165, 1.54) is 25.7 Å². The van der Waals surface area contributed by atoms with Crippen LogP contribution in [-0.4, -0.2) is 49.3 Å². The van der Waals surface area contributed by atoms with Crippen molar-refractivity contribution < 1.29 is 37.6 Å². The third-order valence-corrected chi connectivity index (χ3v) is 9.13. The second-order valence-corrected chi connectivity index (χ2v) is 14.9. The molecule has 322 valence electrons. The predicted octanol–water partition coefficient (Wildman–Crippen LogP) is 12.4. The largest absolute Gasteiger partial charge is 0.472 e. The Morgan fingerprint density at radius 3 is 1.46 bits per heavy atom. The van der Waals surface area contributed by atoms with Gasteiger partial charge in [-0.15, -0.1) is 0 Å². The second kappa shape index (κ2) is 42.3. The summed E-state index contributed by atoms with van der Waals surface area (Å²) in [6.45, 7) is 3.45. The molecular formula is C47H76NO8P. The second-order valence-electron chi connectivity index (χ2n) is 13.5. The van der Waals surface area contributed by atoms with Gasteiger partial charge in [-0.3, -0.25) is 18.6 Å². The number of carbonyl (C=O) groups is 2. The number of ether oxygens (including phenoxy) is 2. The average Bonchev–Trinajstić information content (AvgIpc) is 3.20. The fourth-order valence-corrected chi connectivity index (χ4v) is 5.77. The molecule has 57 heavy (non-hydrogen) atoms. The van der Waals surface area contributed by atoms with Crippen LogP contribution in [0.4, 0.5) is 0 Å². The normalized spacial score (nSPS) is 14.4. The van der Waals surface area contributed by atoms with Gasteiger partial charge in [0.2, 0.25) is 0 Å². The summed E-state index contributed by atoms with van der Waals surface area (Å²) in [7, 11) is -4.41. The van der Waals surface area contributed by atoms with E-state index in [2.05, 4.69) is 117 Å². The van der Waals surface area contributed by atoms with E-state index in [1.54, 1.807) is 0 Å². The SMILES string of the molecule is CC/C=C\C/C=C\C/C=C\C/C=C\C/C=C\CCCC(=O)OC[C@H](COP(=O)(O)OCCN)OC(=O)CCCCC/C=C\C/C=C\C/C=C\C/C=C\CCCCC. The molecule has 0 amide bonds. The van der Waals surface area contributed by atoms with Crippen molar-refractivity contribution in [2.24, 2.45) is 5.73 Å². The Bertz CT molecular complexity index is 1290. The van der Waals surface area contributed by atoms with E-state index in [0.717, 1.165) is 77.0 Å². The van der Waals surface area contributed by atoms with Gasteiger partial charge in [-0.2, -0.15) is 0 Å². The molecule has 0 fully saturated rings. The predicted molar refractivity (Wildman–Crippen MR) is 238 cm³/mol. The zero-order valence-corrected chi connectivity index (χ0v) is 36.2. The Morgan fingerprint density at radius 1 is 0.544 bits per heavy atom. The van der Waals surface area contributed by atoms with Crippen LogP contribution in [-0.2, 0) is 32.7 Å². The summed E-state index contributed by atoms with van der Waals surface area (Å²) in [6.07, 6.45) is 55.5. The highest BCUT2D eigenvalue weighted by atomic mass is 31.2. The van der Waals surface area contributed by atoms with Crippen molar-refractivity contribution >= 4 is 19.8 Å². The topological polar surface area (TPSA) is 134 Å². The molecule has 0 heterocycles. The van der Waals surface area contributed by atoms with E-state index in [-0.39, 0.29) is 32.6 Å². The van der Waals surface area contributed by atoms with Crippen molar-refractivity contribution in [3.63, 3.8) is 0 Å². The van der Waals surface area contributed by atoms with Crippen molar-refractivity contribution in [3.05, 3.63) is 109 Å². The number of nitrogens with two attached hydrogens (primary N) is 1. The third kappa shape index (κ3) is 42.1. The fourth-order valence-electron chi connectivity index (χ4n) is 5.00. The van der Waals surface area contributed by atoms with Crippen LogP contribution in [0.1, 0.15) is 142 Å². The van der Waals surface area contributed by atoms with Crippen molar-refractivity contribution in [2.75, 3.05) is 26.4 Å². The van der Waals surface area contributed by atoms with E-state index in [0.29, 0.717) is 12.8 Å². The minimum atomic E-state index is -4.41. The first-order valence-corrected chi connectivity index (χ1v) is 22.9. The van der Waals surface area contributed by atoms with Gasteiger partial charge >= 0.3 is 19.8 Å². The number of esters is 2. The van der Waals surface area contributed by atoms with E-state index in [1.807, 2.05) is 6.08 Å². The Morgan fingerprint density at radius 2 is 0.982 bits per heavy atom. The molecule has 9 nitrogen and oxygen atoms in total. The van der Waals surface area contributed by atoms with Crippen molar-refractivity contribution in [2.45, 2.75) is 148 Å². The average molecular weight is 814 g/mol. The van der Waals surface area contributed by atoms with Crippen molar-refractivity contribution in [1.82, 2.24) is 0 Å². The quantitative estimate of drug-likeness (QED) is 0.0270. The molecule has 0 aliphatic carbocycles. The fraction of sp³-hybridized carbons (Fsp3) is 0.574. The highest BCUT2D eigenvalue weighted by molar-refractivity contribution is 7.47. The molecule has 3 N–H and O–H groups in total. The molecule has 0 aliphatic rings. The first-order valence-electron chi connectivity index (χ1n) is 21.4. The lowest BCUT2D eigenvalue weighted by molar-refractivity contribution is -0.161. The number of allylic oxidation sites excluding steroid dienone is 18. The molecule has 0 aliphatic heterocycles. The number of unbranched alkanes of at least 4 members (excludes halogenated alkanes) is 7. The van der Waals surface area contributed by atoms with Crippen LogP contribution >= 0.6 is 7.82 Å². The lowest BCUT2D eigenvalue weighted by atomic mass is 10.1. The number of phosphoric ester groups is 1. The molecule has 10 heteroatoms.